The summed E-state index contributed by atoms with van der Waals surface area (Å²) in [6.45, 7) is 0.209. The average molecular weight is 417 g/mol. The van der Waals surface area contributed by atoms with Crippen LogP contribution in [-0.4, -0.2) is 16.9 Å². The van der Waals surface area contributed by atoms with Crippen molar-refractivity contribution in [2.75, 3.05) is 6.79 Å². The molecule has 1 aliphatic heterocycles. The fourth-order valence-electron chi connectivity index (χ4n) is 2.56. The standard InChI is InChI=1S/C19H10Cl2N2O3S/c20-13-4-10(5-14(21)18(13)24)3-12(7-22)19-23-15(8-27-19)11-1-2-16-17(6-11)26-9-25-16/h1-6,8,24H,9H2/b12-3-. The number of benzene rings is 2. The van der Waals surface area contributed by atoms with Gasteiger partial charge >= 0.3 is 0 Å². The highest BCUT2D eigenvalue weighted by Crippen LogP contribution is 2.37. The Labute approximate surface area is 168 Å². The summed E-state index contributed by atoms with van der Waals surface area (Å²) < 4.78 is 10.7. The van der Waals surface area contributed by atoms with Gasteiger partial charge in [-0.3, -0.25) is 0 Å². The van der Waals surface area contributed by atoms with Gasteiger partial charge in [-0.15, -0.1) is 11.3 Å². The highest BCUT2D eigenvalue weighted by Gasteiger charge is 2.16. The molecule has 1 aromatic heterocycles. The molecule has 2 aromatic carbocycles. The van der Waals surface area contributed by atoms with E-state index >= 15 is 0 Å². The summed E-state index contributed by atoms with van der Waals surface area (Å²) in [6.07, 6.45) is 1.62. The normalized spacial score (nSPS) is 12.9. The van der Waals surface area contributed by atoms with E-state index in [1.807, 2.05) is 23.6 Å². The predicted octanol–water partition coefficient (Wildman–Crippen LogP) is 5.62. The van der Waals surface area contributed by atoms with Gasteiger partial charge in [-0.1, -0.05) is 23.2 Å². The summed E-state index contributed by atoms with van der Waals surface area (Å²) in [6, 6.07) is 10.8. The van der Waals surface area contributed by atoms with Gasteiger partial charge in [0.25, 0.3) is 0 Å². The number of hydrogen-bond donors (Lipinski definition) is 1. The van der Waals surface area contributed by atoms with Gasteiger partial charge in [0, 0.05) is 10.9 Å². The lowest BCUT2D eigenvalue weighted by atomic mass is 10.1. The van der Waals surface area contributed by atoms with Gasteiger partial charge in [-0.25, -0.2) is 4.98 Å². The van der Waals surface area contributed by atoms with Crippen molar-refractivity contribution >= 4 is 46.2 Å². The van der Waals surface area contributed by atoms with Crippen molar-refractivity contribution < 1.29 is 14.6 Å². The lowest BCUT2D eigenvalue weighted by molar-refractivity contribution is 0.174. The van der Waals surface area contributed by atoms with Gasteiger partial charge in [0.1, 0.15) is 11.1 Å². The molecule has 0 saturated heterocycles. The van der Waals surface area contributed by atoms with E-state index in [1.165, 1.54) is 23.5 Å². The van der Waals surface area contributed by atoms with Crippen LogP contribution < -0.4 is 9.47 Å². The third-order valence-electron chi connectivity index (χ3n) is 3.87. The number of phenolic OH excluding ortho intramolecular Hbond substituents is 1. The molecule has 0 bridgehead atoms. The zero-order chi connectivity index (χ0) is 19.0. The van der Waals surface area contributed by atoms with Crippen LogP contribution in [0, 0.1) is 11.3 Å². The molecule has 1 aliphatic rings. The van der Waals surface area contributed by atoms with E-state index in [4.69, 9.17) is 32.7 Å². The van der Waals surface area contributed by atoms with Crippen LogP contribution in [0.3, 0.4) is 0 Å². The van der Waals surface area contributed by atoms with Crippen LogP contribution in [0.15, 0.2) is 35.7 Å². The minimum atomic E-state index is -0.187. The van der Waals surface area contributed by atoms with Crippen molar-refractivity contribution in [3.63, 3.8) is 0 Å². The Morgan fingerprint density at radius 2 is 1.93 bits per heavy atom. The lowest BCUT2D eigenvalue weighted by Gasteiger charge is -2.02. The number of aromatic hydroxyl groups is 1. The van der Waals surface area contributed by atoms with Gasteiger partial charge in [-0.2, -0.15) is 5.26 Å². The zero-order valence-electron chi connectivity index (χ0n) is 13.6. The molecule has 0 aliphatic carbocycles. The molecular weight excluding hydrogens is 407 g/mol. The van der Waals surface area contributed by atoms with Crippen LogP contribution in [0.2, 0.25) is 10.0 Å². The Hall–Kier alpha value is -2.72. The van der Waals surface area contributed by atoms with E-state index in [0.29, 0.717) is 27.6 Å². The molecule has 0 atom stereocenters. The molecule has 134 valence electrons. The van der Waals surface area contributed by atoms with Gasteiger partial charge in [0.2, 0.25) is 6.79 Å². The fourth-order valence-corrected chi connectivity index (χ4v) is 3.86. The summed E-state index contributed by atoms with van der Waals surface area (Å²) in [7, 11) is 0. The first-order valence-electron chi connectivity index (χ1n) is 7.71. The van der Waals surface area contributed by atoms with Crippen LogP contribution in [-0.2, 0) is 0 Å². The van der Waals surface area contributed by atoms with Gasteiger partial charge in [0.15, 0.2) is 17.2 Å². The smallest absolute Gasteiger partial charge is 0.231 e. The number of nitriles is 1. The third-order valence-corrected chi connectivity index (χ3v) is 5.33. The quantitative estimate of drug-likeness (QED) is 0.561. The van der Waals surface area contributed by atoms with Gasteiger partial charge < -0.3 is 14.6 Å². The van der Waals surface area contributed by atoms with E-state index in [-0.39, 0.29) is 22.6 Å². The molecule has 5 nitrogen and oxygen atoms in total. The molecule has 27 heavy (non-hydrogen) atoms. The summed E-state index contributed by atoms with van der Waals surface area (Å²) >= 11 is 13.2. The number of halogens is 2. The Kier molecular flexibility index (Phi) is 4.66. The first-order valence-corrected chi connectivity index (χ1v) is 9.34. The van der Waals surface area contributed by atoms with E-state index in [2.05, 4.69) is 11.1 Å². The Morgan fingerprint density at radius 3 is 2.67 bits per heavy atom. The number of phenols is 1. The van der Waals surface area contributed by atoms with Crippen molar-refractivity contribution in [3.05, 3.63) is 56.3 Å². The molecule has 0 radical (unpaired) electrons. The number of fused-ring (bicyclic) bond motifs is 1. The zero-order valence-corrected chi connectivity index (χ0v) is 15.9. The van der Waals surface area contributed by atoms with E-state index in [1.54, 1.807) is 6.08 Å². The summed E-state index contributed by atoms with van der Waals surface area (Å²) in [5, 5.41) is 21.9. The number of nitrogens with zero attached hydrogens (tertiary/aromatic N) is 2. The van der Waals surface area contributed by atoms with Gasteiger partial charge in [-0.05, 0) is 42.0 Å². The first kappa shape index (κ1) is 17.7. The molecule has 0 spiro atoms. The molecule has 4 rings (SSSR count). The molecular formula is C19H10Cl2N2O3S. The lowest BCUT2D eigenvalue weighted by Crippen LogP contribution is -1.92. The minimum absolute atomic E-state index is 0.117. The minimum Gasteiger partial charge on any atom is -0.505 e. The van der Waals surface area contributed by atoms with Crippen molar-refractivity contribution in [2.24, 2.45) is 0 Å². The molecule has 0 fully saturated rings. The number of rotatable bonds is 3. The molecule has 1 N–H and O–H groups in total. The second-order valence-corrected chi connectivity index (χ2v) is 7.28. The maximum Gasteiger partial charge on any atom is 0.231 e. The number of ether oxygens (including phenoxy) is 2. The number of thiazole rings is 1. The largest absolute Gasteiger partial charge is 0.505 e. The molecule has 0 saturated carbocycles. The van der Waals surface area contributed by atoms with Crippen LogP contribution in [0.4, 0.5) is 0 Å². The predicted molar refractivity (Wildman–Crippen MR) is 105 cm³/mol. The second-order valence-electron chi connectivity index (χ2n) is 5.61. The molecule has 3 aromatic rings. The monoisotopic (exact) mass is 416 g/mol. The van der Waals surface area contributed by atoms with E-state index < -0.39 is 0 Å². The molecule has 8 heteroatoms. The van der Waals surface area contributed by atoms with Crippen LogP contribution in [0.25, 0.3) is 22.9 Å². The highest BCUT2D eigenvalue weighted by molar-refractivity contribution is 7.11. The number of allylic oxidation sites excluding steroid dienone is 1. The Balaban J connectivity index is 1.68. The topological polar surface area (TPSA) is 75.4 Å². The van der Waals surface area contributed by atoms with Crippen molar-refractivity contribution in [3.8, 4) is 34.6 Å². The third kappa shape index (κ3) is 3.45. The first-order chi connectivity index (χ1) is 13.0. The molecule has 0 unspecified atom stereocenters. The maximum absolute atomic E-state index is 9.66. The highest BCUT2D eigenvalue weighted by atomic mass is 35.5. The van der Waals surface area contributed by atoms with Crippen molar-refractivity contribution in [1.29, 1.82) is 5.26 Å². The number of aromatic nitrogens is 1. The SMILES string of the molecule is N#C/C(=C/c1cc(Cl)c(O)c(Cl)c1)c1nc(-c2ccc3c(c2)OCO3)cs1. The average Bonchev–Trinajstić information content (AvgIpc) is 3.32. The summed E-state index contributed by atoms with van der Waals surface area (Å²) in [4.78, 5) is 4.55. The molecule has 2 heterocycles. The summed E-state index contributed by atoms with van der Waals surface area (Å²) in [5.74, 6) is 1.19. The number of hydrogen-bond acceptors (Lipinski definition) is 6. The Bertz CT molecular complexity index is 1100. The second kappa shape index (κ2) is 7.12. The van der Waals surface area contributed by atoms with Crippen LogP contribution in [0.5, 0.6) is 17.2 Å². The van der Waals surface area contributed by atoms with Crippen LogP contribution >= 0.6 is 34.5 Å². The van der Waals surface area contributed by atoms with E-state index in [0.717, 1.165) is 11.3 Å². The maximum atomic E-state index is 9.66. The molecule has 0 amide bonds. The Morgan fingerprint density at radius 1 is 1.19 bits per heavy atom. The van der Waals surface area contributed by atoms with Crippen molar-refractivity contribution in [1.82, 2.24) is 4.98 Å². The van der Waals surface area contributed by atoms with Crippen LogP contribution in [0.1, 0.15) is 10.6 Å². The van der Waals surface area contributed by atoms with Crippen molar-refractivity contribution in [2.45, 2.75) is 0 Å². The van der Waals surface area contributed by atoms with E-state index in [9.17, 15) is 10.4 Å². The summed E-state index contributed by atoms with van der Waals surface area (Å²) in [5.41, 5.74) is 2.56. The fraction of sp³-hybridized carbons (Fsp3) is 0.0526. The van der Waals surface area contributed by atoms with Gasteiger partial charge in [0.05, 0.1) is 21.3 Å².